The molecule has 0 aliphatic carbocycles. The highest BCUT2D eigenvalue weighted by Crippen LogP contribution is 2.40. The Balaban J connectivity index is 0.000000599. The highest BCUT2D eigenvalue weighted by Gasteiger charge is 2.28. The van der Waals surface area contributed by atoms with Gasteiger partial charge in [-0.2, -0.15) is 0 Å². The predicted octanol–water partition coefficient (Wildman–Crippen LogP) is 2.65. The lowest BCUT2D eigenvalue weighted by Crippen LogP contribution is -2.52. The monoisotopic (exact) mass is 529 g/mol. The van der Waals surface area contributed by atoms with Gasteiger partial charge in [0.05, 0.1) is 21.3 Å². The molecule has 2 fully saturated rings. The Morgan fingerprint density at radius 1 is 0.737 bits per heavy atom. The van der Waals surface area contributed by atoms with Crippen molar-refractivity contribution in [2.45, 2.75) is 32.0 Å². The van der Waals surface area contributed by atoms with Crippen LogP contribution in [0.5, 0.6) is 17.2 Å². The molecule has 2 N–H and O–H groups in total. The topological polar surface area (TPSA) is 112 Å². The smallest absolute Gasteiger partial charge is 0.414 e. The third-order valence-corrected chi connectivity index (χ3v) is 7.09. The van der Waals surface area contributed by atoms with Crippen LogP contribution in [0.25, 0.3) is 0 Å². The van der Waals surface area contributed by atoms with Gasteiger partial charge in [0.1, 0.15) is 0 Å². The quantitative estimate of drug-likeness (QED) is 0.495. The van der Waals surface area contributed by atoms with Crippen molar-refractivity contribution in [1.82, 2.24) is 14.7 Å². The van der Waals surface area contributed by atoms with Crippen molar-refractivity contribution < 1.29 is 34.0 Å². The van der Waals surface area contributed by atoms with Gasteiger partial charge >= 0.3 is 11.9 Å². The first-order chi connectivity index (χ1) is 18.4. The van der Waals surface area contributed by atoms with Crippen LogP contribution in [0.2, 0.25) is 0 Å². The first-order valence-electron chi connectivity index (χ1n) is 12.8. The average Bonchev–Trinajstić information content (AvgIpc) is 2.94. The van der Waals surface area contributed by atoms with E-state index in [1.54, 1.807) is 21.3 Å². The van der Waals surface area contributed by atoms with Gasteiger partial charge in [-0.05, 0) is 37.6 Å². The molecule has 38 heavy (non-hydrogen) atoms. The molecular weight excluding hydrogens is 490 g/mol. The molecule has 2 aromatic rings. The number of aliphatic carboxylic acids is 2. The van der Waals surface area contributed by atoms with E-state index in [1.807, 2.05) is 6.07 Å². The van der Waals surface area contributed by atoms with E-state index in [0.717, 1.165) is 56.6 Å². The largest absolute Gasteiger partial charge is 0.493 e. The summed E-state index contributed by atoms with van der Waals surface area (Å²) in [5.41, 5.74) is 2.57. The van der Waals surface area contributed by atoms with Gasteiger partial charge in [0.2, 0.25) is 5.75 Å². The van der Waals surface area contributed by atoms with Crippen molar-refractivity contribution in [3.63, 3.8) is 0 Å². The minimum absolute atomic E-state index is 0.674. The zero-order valence-corrected chi connectivity index (χ0v) is 22.5. The Morgan fingerprint density at radius 2 is 1.32 bits per heavy atom. The second kappa shape index (κ2) is 14.6. The molecule has 0 atom stereocenters. The van der Waals surface area contributed by atoms with Gasteiger partial charge in [-0.15, -0.1) is 0 Å². The van der Waals surface area contributed by atoms with Crippen LogP contribution >= 0.6 is 0 Å². The van der Waals surface area contributed by atoms with Crippen LogP contribution in [0, 0.1) is 0 Å². The number of methoxy groups -OCH3 is 3. The summed E-state index contributed by atoms with van der Waals surface area (Å²) in [7, 11) is 5.01. The molecule has 2 saturated heterocycles. The van der Waals surface area contributed by atoms with E-state index < -0.39 is 11.9 Å². The van der Waals surface area contributed by atoms with Crippen molar-refractivity contribution in [3.05, 3.63) is 53.6 Å². The van der Waals surface area contributed by atoms with E-state index in [1.165, 1.54) is 31.5 Å². The van der Waals surface area contributed by atoms with E-state index in [-0.39, 0.29) is 0 Å². The fraction of sp³-hybridized carbons (Fsp3) is 0.500. The Bertz CT molecular complexity index is 1020. The molecule has 0 spiro atoms. The van der Waals surface area contributed by atoms with Crippen molar-refractivity contribution in [2.75, 3.05) is 60.6 Å². The molecule has 0 aromatic heterocycles. The Kier molecular flexibility index (Phi) is 11.2. The second-order valence-corrected chi connectivity index (χ2v) is 9.41. The van der Waals surface area contributed by atoms with Crippen LogP contribution in [0.3, 0.4) is 0 Å². The minimum atomic E-state index is -1.82. The summed E-state index contributed by atoms with van der Waals surface area (Å²) < 4.78 is 16.6. The summed E-state index contributed by atoms with van der Waals surface area (Å²) in [4.78, 5) is 26.0. The number of hydrogen-bond acceptors (Lipinski definition) is 8. The number of ether oxygens (including phenoxy) is 3. The Hall–Kier alpha value is -3.34. The van der Waals surface area contributed by atoms with Gasteiger partial charge in [0.15, 0.2) is 11.5 Å². The molecule has 10 heteroatoms. The lowest BCUT2D eigenvalue weighted by Gasteiger charge is -2.43. The lowest BCUT2D eigenvalue weighted by atomic mass is 10.0. The molecule has 2 heterocycles. The normalized spacial score (nSPS) is 17.2. The number of carboxylic acids is 2. The highest BCUT2D eigenvalue weighted by atomic mass is 16.5. The number of rotatable bonds is 8. The van der Waals surface area contributed by atoms with Gasteiger partial charge in [-0.1, -0.05) is 36.4 Å². The van der Waals surface area contributed by atoms with Crippen LogP contribution in [-0.2, 0) is 22.7 Å². The van der Waals surface area contributed by atoms with Gasteiger partial charge in [-0.25, -0.2) is 9.59 Å². The fourth-order valence-corrected chi connectivity index (χ4v) is 5.10. The van der Waals surface area contributed by atoms with E-state index >= 15 is 0 Å². The fourth-order valence-electron chi connectivity index (χ4n) is 5.10. The average molecular weight is 530 g/mol. The Labute approximate surface area is 224 Å². The second-order valence-electron chi connectivity index (χ2n) is 9.41. The third kappa shape index (κ3) is 8.08. The first-order valence-corrected chi connectivity index (χ1v) is 12.8. The standard InChI is InChI=1S/C26H37N3O3.C2H2O4/c1-30-24-10-9-22(25(31-2)26(24)32-3)20-28-15-17-29(18-16-28)23-11-13-27(14-12-23)19-21-7-5-4-6-8-21;3-1(4)2(5)6/h4-10,23H,11-20H2,1-3H3;(H,3,4)(H,5,6). The lowest BCUT2D eigenvalue weighted by molar-refractivity contribution is -0.159. The van der Waals surface area contributed by atoms with E-state index in [0.29, 0.717) is 11.5 Å². The van der Waals surface area contributed by atoms with Crippen molar-refractivity contribution >= 4 is 11.9 Å². The zero-order valence-electron chi connectivity index (χ0n) is 22.5. The third-order valence-electron chi connectivity index (χ3n) is 7.09. The summed E-state index contributed by atoms with van der Waals surface area (Å²) in [6, 6.07) is 15.6. The SMILES string of the molecule is COc1ccc(CN2CCN(C3CCN(Cc4ccccc4)CC3)CC2)c(OC)c1OC.O=C(O)C(=O)O. The number of hydrogen-bond donors (Lipinski definition) is 2. The van der Waals surface area contributed by atoms with E-state index in [4.69, 9.17) is 34.0 Å². The molecular formula is C28H39N3O7. The van der Waals surface area contributed by atoms with Gasteiger partial charge in [0, 0.05) is 50.9 Å². The van der Waals surface area contributed by atoms with E-state index in [9.17, 15) is 0 Å². The van der Waals surface area contributed by atoms with Crippen molar-refractivity contribution in [1.29, 1.82) is 0 Å². The number of piperidine rings is 1. The van der Waals surface area contributed by atoms with Gasteiger partial charge < -0.3 is 24.4 Å². The summed E-state index contributed by atoms with van der Waals surface area (Å²) >= 11 is 0. The molecule has 208 valence electrons. The molecule has 0 amide bonds. The molecule has 0 unspecified atom stereocenters. The summed E-state index contributed by atoms with van der Waals surface area (Å²) in [5.74, 6) is -1.49. The molecule has 0 saturated carbocycles. The molecule has 0 bridgehead atoms. The van der Waals surface area contributed by atoms with Crippen molar-refractivity contribution in [2.24, 2.45) is 0 Å². The number of carboxylic acid groups (broad SMARTS) is 2. The first kappa shape index (κ1) is 29.2. The van der Waals surface area contributed by atoms with Crippen molar-refractivity contribution in [3.8, 4) is 17.2 Å². The van der Waals surface area contributed by atoms with Crippen LogP contribution in [0.4, 0.5) is 0 Å². The summed E-state index contributed by atoms with van der Waals surface area (Å²) in [6.45, 7) is 8.79. The number of benzene rings is 2. The molecule has 4 rings (SSSR count). The van der Waals surface area contributed by atoms with Gasteiger partial charge in [-0.3, -0.25) is 14.7 Å². The molecule has 0 radical (unpaired) electrons. The maximum absolute atomic E-state index is 9.10. The molecule has 2 aliphatic rings. The Morgan fingerprint density at radius 3 is 1.84 bits per heavy atom. The minimum Gasteiger partial charge on any atom is -0.493 e. The van der Waals surface area contributed by atoms with Gasteiger partial charge in [0.25, 0.3) is 0 Å². The van der Waals surface area contributed by atoms with Crippen LogP contribution in [-0.4, -0.2) is 103 Å². The molecule has 10 nitrogen and oxygen atoms in total. The van der Waals surface area contributed by atoms with E-state index in [2.05, 4.69) is 51.1 Å². The number of nitrogens with zero attached hydrogens (tertiary/aromatic N) is 3. The number of carbonyl (C=O) groups is 2. The maximum Gasteiger partial charge on any atom is 0.414 e. The molecule has 2 aromatic carbocycles. The maximum atomic E-state index is 9.10. The zero-order chi connectivity index (χ0) is 27.5. The van der Waals surface area contributed by atoms with Crippen LogP contribution in [0.1, 0.15) is 24.0 Å². The highest BCUT2D eigenvalue weighted by molar-refractivity contribution is 6.27. The number of likely N-dealkylation sites (tertiary alicyclic amines) is 1. The molecule has 2 aliphatic heterocycles. The van der Waals surface area contributed by atoms with Crippen LogP contribution < -0.4 is 14.2 Å². The van der Waals surface area contributed by atoms with Crippen LogP contribution in [0.15, 0.2) is 42.5 Å². The summed E-state index contributed by atoms with van der Waals surface area (Å²) in [5, 5.41) is 14.8. The number of piperazine rings is 1. The predicted molar refractivity (Wildman–Crippen MR) is 143 cm³/mol. The summed E-state index contributed by atoms with van der Waals surface area (Å²) in [6.07, 6.45) is 2.55.